The van der Waals surface area contributed by atoms with Crippen LogP contribution in [-0.4, -0.2) is 23.8 Å². The Balaban J connectivity index is 1.35. The summed E-state index contributed by atoms with van der Waals surface area (Å²) in [7, 11) is 0. The molecule has 3 amide bonds. The number of halogens is 1. The van der Waals surface area contributed by atoms with E-state index in [0.29, 0.717) is 16.9 Å². The van der Waals surface area contributed by atoms with Gasteiger partial charge in [0.1, 0.15) is 11.4 Å². The molecule has 2 fully saturated rings. The van der Waals surface area contributed by atoms with Gasteiger partial charge in [-0.1, -0.05) is 66.7 Å². The van der Waals surface area contributed by atoms with Gasteiger partial charge in [0.05, 0.1) is 24.1 Å². The van der Waals surface area contributed by atoms with Crippen molar-refractivity contribution >= 4 is 39.9 Å². The predicted octanol–water partition coefficient (Wildman–Crippen LogP) is 4.52. The van der Waals surface area contributed by atoms with Crippen molar-refractivity contribution in [3.63, 3.8) is 0 Å². The van der Waals surface area contributed by atoms with Crippen LogP contribution in [0.4, 0.5) is 15.8 Å². The molecule has 0 saturated carbocycles. The summed E-state index contributed by atoms with van der Waals surface area (Å²) >= 11 is 0. The van der Waals surface area contributed by atoms with Crippen LogP contribution in [0.2, 0.25) is 0 Å². The smallest absolute Gasteiger partial charge is 0.253 e. The van der Waals surface area contributed by atoms with Crippen molar-refractivity contribution in [1.29, 1.82) is 0 Å². The molecular weight excluding hydrogens is 481 g/mol. The molecule has 6 nitrogen and oxygen atoms in total. The summed E-state index contributed by atoms with van der Waals surface area (Å²) < 4.78 is 13.5. The molecule has 3 aliphatic rings. The van der Waals surface area contributed by atoms with E-state index < -0.39 is 23.4 Å². The molecule has 0 unspecified atom stereocenters. The summed E-state index contributed by atoms with van der Waals surface area (Å²) in [4.78, 5) is 45.5. The number of nitrogens with zero attached hydrogens (tertiary/aromatic N) is 2. The SMILES string of the molecule is C[C@@H]1N[C@]2(C(=O)N(Cc3ccc(F)cc3)c3ccccc32)[C@H]2C(=O)N(c3cccc4ccccc34)C(=O)[C@H]12. The minimum atomic E-state index is -1.37. The highest BCUT2D eigenvalue weighted by Gasteiger charge is 2.71. The van der Waals surface area contributed by atoms with Gasteiger partial charge >= 0.3 is 0 Å². The minimum absolute atomic E-state index is 0.223. The van der Waals surface area contributed by atoms with Crippen molar-refractivity contribution in [2.24, 2.45) is 11.8 Å². The topological polar surface area (TPSA) is 69.7 Å². The quantitative estimate of drug-likeness (QED) is 0.416. The van der Waals surface area contributed by atoms with Gasteiger partial charge in [0.15, 0.2) is 0 Å². The van der Waals surface area contributed by atoms with Crippen molar-refractivity contribution in [1.82, 2.24) is 5.32 Å². The van der Waals surface area contributed by atoms with Gasteiger partial charge in [-0.15, -0.1) is 0 Å². The maximum Gasteiger partial charge on any atom is 0.253 e. The van der Waals surface area contributed by atoms with E-state index in [0.717, 1.165) is 16.3 Å². The normalized spacial score (nSPS) is 26.1. The third-order valence-electron chi connectivity index (χ3n) is 8.28. The van der Waals surface area contributed by atoms with Gasteiger partial charge in [-0.2, -0.15) is 0 Å². The fourth-order valence-corrected chi connectivity index (χ4v) is 6.68. The second-order valence-corrected chi connectivity index (χ2v) is 10.3. The number of carbonyl (C=O) groups is 3. The average Bonchev–Trinajstić information content (AvgIpc) is 3.48. The zero-order valence-electron chi connectivity index (χ0n) is 20.6. The van der Waals surface area contributed by atoms with Crippen LogP contribution in [0, 0.1) is 17.7 Å². The van der Waals surface area contributed by atoms with Crippen LogP contribution in [0.25, 0.3) is 10.8 Å². The third-order valence-corrected chi connectivity index (χ3v) is 8.28. The van der Waals surface area contributed by atoms with E-state index in [1.807, 2.05) is 67.6 Å². The Morgan fingerprint density at radius 3 is 2.32 bits per heavy atom. The van der Waals surface area contributed by atoms with Gasteiger partial charge < -0.3 is 4.90 Å². The van der Waals surface area contributed by atoms with Crippen LogP contribution in [-0.2, 0) is 26.5 Å². The van der Waals surface area contributed by atoms with Crippen LogP contribution >= 0.6 is 0 Å². The van der Waals surface area contributed by atoms with Crippen molar-refractivity contribution in [2.75, 3.05) is 9.80 Å². The van der Waals surface area contributed by atoms with Crippen LogP contribution in [0.1, 0.15) is 18.1 Å². The van der Waals surface area contributed by atoms with Crippen LogP contribution in [0.5, 0.6) is 0 Å². The Labute approximate surface area is 218 Å². The second-order valence-electron chi connectivity index (χ2n) is 10.3. The molecule has 3 heterocycles. The molecule has 38 heavy (non-hydrogen) atoms. The monoisotopic (exact) mass is 505 g/mol. The summed E-state index contributed by atoms with van der Waals surface area (Å²) in [5, 5.41) is 5.15. The molecular formula is C31H24FN3O3. The van der Waals surface area contributed by atoms with Crippen molar-refractivity contribution in [3.05, 3.63) is 108 Å². The van der Waals surface area contributed by atoms with Crippen LogP contribution in [0.15, 0.2) is 91.0 Å². The number of benzene rings is 4. The van der Waals surface area contributed by atoms with Gasteiger partial charge in [0.25, 0.3) is 5.91 Å². The molecule has 4 atom stereocenters. The van der Waals surface area contributed by atoms with Crippen molar-refractivity contribution in [3.8, 4) is 0 Å². The van der Waals surface area contributed by atoms with E-state index in [2.05, 4.69) is 5.32 Å². The number of hydrogen-bond acceptors (Lipinski definition) is 4. The first kappa shape index (κ1) is 22.8. The minimum Gasteiger partial charge on any atom is -0.306 e. The Morgan fingerprint density at radius 1 is 0.816 bits per heavy atom. The maximum absolute atomic E-state index is 14.4. The van der Waals surface area contributed by atoms with E-state index in [1.165, 1.54) is 17.0 Å². The Kier molecular flexibility index (Phi) is 4.84. The maximum atomic E-state index is 14.4. The molecule has 1 N–H and O–H groups in total. The second kappa shape index (κ2) is 8.07. The van der Waals surface area contributed by atoms with Gasteiger partial charge in [-0.25, -0.2) is 9.29 Å². The fraction of sp³-hybridized carbons (Fsp3) is 0.194. The molecule has 0 bridgehead atoms. The number of imide groups is 1. The highest BCUT2D eigenvalue weighted by molar-refractivity contribution is 6.28. The molecule has 7 heteroatoms. The predicted molar refractivity (Wildman–Crippen MR) is 142 cm³/mol. The van der Waals surface area contributed by atoms with Crippen LogP contribution in [0.3, 0.4) is 0 Å². The summed E-state index contributed by atoms with van der Waals surface area (Å²) in [6, 6.07) is 26.2. The molecule has 4 aromatic rings. The number of hydrogen-bond donors (Lipinski definition) is 1. The standard InChI is InChI=1S/C31H24FN3O3/c1-18-26-27(29(37)35(28(26)36)24-12-6-8-20-7-2-3-9-22(20)24)31(33-18)23-10-4-5-11-25(23)34(30(31)38)17-19-13-15-21(32)16-14-19/h2-16,18,26-27,33H,17H2,1H3/t18-,26+,27+,31-/m0/s1. The lowest BCUT2D eigenvalue weighted by molar-refractivity contribution is -0.132. The largest absolute Gasteiger partial charge is 0.306 e. The number of anilines is 2. The summed E-state index contributed by atoms with van der Waals surface area (Å²) in [6.07, 6.45) is 0. The van der Waals surface area contributed by atoms with Gasteiger partial charge in [0, 0.05) is 22.7 Å². The summed E-state index contributed by atoms with van der Waals surface area (Å²) in [5.41, 5.74) is 1.31. The Hall–Kier alpha value is -4.36. The van der Waals surface area contributed by atoms with Crippen molar-refractivity contribution in [2.45, 2.75) is 25.0 Å². The molecule has 3 aliphatic heterocycles. The summed E-state index contributed by atoms with van der Waals surface area (Å²) in [5.74, 6) is -2.88. The van der Waals surface area contributed by atoms with Gasteiger partial charge in [-0.3, -0.25) is 19.7 Å². The number of para-hydroxylation sites is 1. The molecule has 188 valence electrons. The van der Waals surface area contributed by atoms with Crippen LogP contribution < -0.4 is 15.1 Å². The zero-order valence-corrected chi connectivity index (χ0v) is 20.6. The van der Waals surface area contributed by atoms with Crippen molar-refractivity contribution < 1.29 is 18.8 Å². The number of amides is 3. The van der Waals surface area contributed by atoms with E-state index in [-0.39, 0.29) is 30.1 Å². The molecule has 2 saturated heterocycles. The molecule has 0 aromatic heterocycles. The lowest BCUT2D eigenvalue weighted by Crippen LogP contribution is -2.54. The summed E-state index contributed by atoms with van der Waals surface area (Å²) in [6.45, 7) is 2.09. The van der Waals surface area contributed by atoms with E-state index in [1.54, 1.807) is 23.1 Å². The zero-order chi connectivity index (χ0) is 26.2. The number of rotatable bonds is 3. The first-order chi connectivity index (χ1) is 18.4. The molecule has 0 radical (unpaired) electrons. The number of nitrogens with one attached hydrogen (secondary N) is 1. The van der Waals surface area contributed by atoms with E-state index in [9.17, 15) is 18.8 Å². The first-order valence-electron chi connectivity index (χ1n) is 12.7. The molecule has 0 aliphatic carbocycles. The number of fused-ring (bicyclic) bond motifs is 5. The third kappa shape index (κ3) is 2.93. The fourth-order valence-electron chi connectivity index (χ4n) is 6.68. The molecule has 1 spiro atoms. The first-order valence-corrected chi connectivity index (χ1v) is 12.7. The lowest BCUT2D eigenvalue weighted by atomic mass is 9.76. The lowest BCUT2D eigenvalue weighted by Gasteiger charge is -2.30. The van der Waals surface area contributed by atoms with Gasteiger partial charge in [-0.05, 0) is 42.1 Å². The Morgan fingerprint density at radius 2 is 1.50 bits per heavy atom. The average molecular weight is 506 g/mol. The number of carbonyl (C=O) groups excluding carboxylic acids is 3. The highest BCUT2D eigenvalue weighted by Crippen LogP contribution is 2.55. The Bertz CT molecular complexity index is 1650. The molecule has 4 aromatic carbocycles. The highest BCUT2D eigenvalue weighted by atomic mass is 19.1. The van der Waals surface area contributed by atoms with Gasteiger partial charge in [0.2, 0.25) is 11.8 Å². The molecule has 7 rings (SSSR count). The van der Waals surface area contributed by atoms with E-state index in [4.69, 9.17) is 0 Å². The van der Waals surface area contributed by atoms with E-state index >= 15 is 0 Å².